The van der Waals surface area contributed by atoms with Crippen LogP contribution in [0, 0.1) is 0 Å². The van der Waals surface area contributed by atoms with Gasteiger partial charge in [-0.2, -0.15) is 0 Å². The Bertz CT molecular complexity index is 604. The Morgan fingerprint density at radius 3 is 2.32 bits per heavy atom. The van der Waals surface area contributed by atoms with Crippen LogP contribution in [0.1, 0.15) is 48.5 Å². The van der Waals surface area contributed by atoms with Gasteiger partial charge in [0.2, 0.25) is 0 Å². The van der Waals surface area contributed by atoms with Crippen LogP contribution in [0.15, 0.2) is 48.5 Å². The number of nitrogens with one attached hydrogen (secondary N) is 1. The highest BCUT2D eigenvalue weighted by Crippen LogP contribution is 2.20. The number of carbonyl (C=O) groups is 1. The van der Waals surface area contributed by atoms with E-state index in [0.717, 1.165) is 12.1 Å². The molecule has 22 heavy (non-hydrogen) atoms. The molecule has 0 aliphatic carbocycles. The highest BCUT2D eigenvalue weighted by Gasteiger charge is 2.06. The van der Waals surface area contributed by atoms with Gasteiger partial charge in [-0.15, -0.1) is 0 Å². The van der Waals surface area contributed by atoms with Gasteiger partial charge in [0.25, 0.3) is 0 Å². The quantitative estimate of drug-likeness (QED) is 0.680. The van der Waals surface area contributed by atoms with Gasteiger partial charge in [-0.05, 0) is 54.3 Å². The third kappa shape index (κ3) is 4.60. The summed E-state index contributed by atoms with van der Waals surface area (Å²) in [7, 11) is 0. The fourth-order valence-electron chi connectivity index (χ4n) is 2.27. The second-order valence-corrected chi connectivity index (χ2v) is 5.97. The first-order valence-electron chi connectivity index (χ1n) is 7.72. The third-order valence-electron chi connectivity index (χ3n) is 3.94. The van der Waals surface area contributed by atoms with E-state index in [1.807, 2.05) is 0 Å². The lowest BCUT2D eigenvalue weighted by Gasteiger charge is -2.11. The average molecular weight is 316 g/mol. The first-order valence-corrected chi connectivity index (χ1v) is 8.10. The number of halogens is 1. The van der Waals surface area contributed by atoms with Crippen molar-refractivity contribution in [3.8, 4) is 0 Å². The Morgan fingerprint density at radius 1 is 1.09 bits per heavy atom. The lowest BCUT2D eigenvalue weighted by atomic mass is 9.98. The molecule has 2 aromatic carbocycles. The van der Waals surface area contributed by atoms with Gasteiger partial charge < -0.3 is 5.32 Å². The van der Waals surface area contributed by atoms with E-state index in [1.165, 1.54) is 5.56 Å². The van der Waals surface area contributed by atoms with Crippen molar-refractivity contribution in [2.24, 2.45) is 0 Å². The second-order valence-electron chi connectivity index (χ2n) is 5.54. The molecule has 0 aromatic heterocycles. The van der Waals surface area contributed by atoms with Crippen LogP contribution in [0.4, 0.5) is 5.69 Å². The Kier molecular flexibility index (Phi) is 6.02. The van der Waals surface area contributed by atoms with E-state index in [1.54, 1.807) is 24.3 Å². The molecule has 1 N–H and O–H groups in total. The Morgan fingerprint density at radius 2 is 1.73 bits per heavy atom. The minimum Gasteiger partial charge on any atom is -0.385 e. The summed E-state index contributed by atoms with van der Waals surface area (Å²) < 4.78 is 0. The van der Waals surface area contributed by atoms with Crippen molar-refractivity contribution in [1.29, 1.82) is 0 Å². The molecule has 2 nitrogen and oxygen atoms in total. The van der Waals surface area contributed by atoms with Crippen molar-refractivity contribution in [3.63, 3.8) is 0 Å². The first kappa shape index (κ1) is 16.6. The standard InChI is InChI=1S/C19H22ClNO/c1-3-14(2)15-6-10-18(11-7-15)21-13-12-19(22)16-4-8-17(20)9-5-16/h4-11,14,21H,3,12-13H2,1-2H3/t14-/m0/s1. The Labute approximate surface area is 137 Å². The van der Waals surface area contributed by atoms with E-state index in [2.05, 4.69) is 43.4 Å². The smallest absolute Gasteiger partial charge is 0.164 e. The molecule has 0 amide bonds. The van der Waals surface area contributed by atoms with Crippen molar-refractivity contribution < 1.29 is 4.79 Å². The van der Waals surface area contributed by atoms with E-state index >= 15 is 0 Å². The molecule has 1 atom stereocenters. The summed E-state index contributed by atoms with van der Waals surface area (Å²) in [6.45, 7) is 5.05. The maximum absolute atomic E-state index is 12.0. The van der Waals surface area contributed by atoms with Crippen molar-refractivity contribution in [2.45, 2.75) is 32.6 Å². The summed E-state index contributed by atoms with van der Waals surface area (Å²) in [4.78, 5) is 12.0. The molecule has 0 saturated carbocycles. The SMILES string of the molecule is CC[C@H](C)c1ccc(NCCC(=O)c2ccc(Cl)cc2)cc1. The normalized spacial score (nSPS) is 12.0. The first-order chi connectivity index (χ1) is 10.6. The summed E-state index contributed by atoms with van der Waals surface area (Å²) in [6, 6.07) is 15.5. The number of hydrogen-bond donors (Lipinski definition) is 1. The lowest BCUT2D eigenvalue weighted by Crippen LogP contribution is -2.08. The fourth-order valence-corrected chi connectivity index (χ4v) is 2.39. The largest absolute Gasteiger partial charge is 0.385 e. The minimum atomic E-state index is 0.125. The van der Waals surface area contributed by atoms with Crippen LogP contribution >= 0.6 is 11.6 Å². The zero-order chi connectivity index (χ0) is 15.9. The molecule has 0 heterocycles. The van der Waals surface area contributed by atoms with Crippen molar-refractivity contribution in [2.75, 3.05) is 11.9 Å². The third-order valence-corrected chi connectivity index (χ3v) is 4.19. The molecule has 0 fully saturated rings. The molecule has 0 radical (unpaired) electrons. The van der Waals surface area contributed by atoms with E-state index in [0.29, 0.717) is 29.5 Å². The molecular weight excluding hydrogens is 294 g/mol. The van der Waals surface area contributed by atoms with E-state index in [4.69, 9.17) is 11.6 Å². The van der Waals surface area contributed by atoms with E-state index in [9.17, 15) is 4.79 Å². The molecule has 0 spiro atoms. The van der Waals surface area contributed by atoms with Crippen LogP contribution < -0.4 is 5.32 Å². The predicted molar refractivity (Wildman–Crippen MR) is 94.0 cm³/mol. The molecule has 3 heteroatoms. The fraction of sp³-hybridized carbons (Fsp3) is 0.316. The number of carbonyl (C=O) groups excluding carboxylic acids is 1. The number of rotatable bonds is 7. The second kappa shape index (κ2) is 8.00. The monoisotopic (exact) mass is 315 g/mol. The molecule has 2 rings (SSSR count). The molecule has 0 aliphatic heterocycles. The maximum Gasteiger partial charge on any atom is 0.164 e. The van der Waals surface area contributed by atoms with Gasteiger partial charge in [-0.3, -0.25) is 4.79 Å². The molecule has 0 unspecified atom stereocenters. The van der Waals surface area contributed by atoms with Gasteiger partial charge >= 0.3 is 0 Å². The molecule has 0 saturated heterocycles. The highest BCUT2D eigenvalue weighted by molar-refractivity contribution is 6.30. The minimum absolute atomic E-state index is 0.125. The number of anilines is 1. The summed E-state index contributed by atoms with van der Waals surface area (Å²) in [5.74, 6) is 0.709. The van der Waals surface area contributed by atoms with Gasteiger partial charge in [-0.1, -0.05) is 37.6 Å². The van der Waals surface area contributed by atoms with Crippen LogP contribution in [0.3, 0.4) is 0 Å². The molecular formula is C19H22ClNO. The zero-order valence-corrected chi connectivity index (χ0v) is 13.9. The highest BCUT2D eigenvalue weighted by atomic mass is 35.5. The zero-order valence-electron chi connectivity index (χ0n) is 13.1. The average Bonchev–Trinajstić information content (AvgIpc) is 2.55. The van der Waals surface area contributed by atoms with Gasteiger partial charge in [0.05, 0.1) is 0 Å². The topological polar surface area (TPSA) is 29.1 Å². The van der Waals surface area contributed by atoms with Crippen LogP contribution in [0.25, 0.3) is 0 Å². The number of hydrogen-bond acceptors (Lipinski definition) is 2. The molecule has 116 valence electrons. The van der Waals surface area contributed by atoms with E-state index < -0.39 is 0 Å². The summed E-state index contributed by atoms with van der Waals surface area (Å²) >= 11 is 5.82. The van der Waals surface area contributed by atoms with Crippen LogP contribution in [-0.4, -0.2) is 12.3 Å². The van der Waals surface area contributed by atoms with Crippen molar-refractivity contribution in [3.05, 3.63) is 64.7 Å². The van der Waals surface area contributed by atoms with Crippen molar-refractivity contribution >= 4 is 23.1 Å². The lowest BCUT2D eigenvalue weighted by molar-refractivity contribution is 0.0986. The van der Waals surface area contributed by atoms with Crippen LogP contribution in [-0.2, 0) is 0 Å². The van der Waals surface area contributed by atoms with Crippen LogP contribution in [0.2, 0.25) is 5.02 Å². The van der Waals surface area contributed by atoms with Crippen molar-refractivity contribution in [1.82, 2.24) is 0 Å². The summed E-state index contributed by atoms with van der Waals surface area (Å²) in [6.07, 6.45) is 1.61. The Balaban J connectivity index is 1.83. The summed E-state index contributed by atoms with van der Waals surface area (Å²) in [5.41, 5.74) is 3.11. The molecule has 0 aliphatic rings. The molecule has 0 bridgehead atoms. The van der Waals surface area contributed by atoms with Gasteiger partial charge in [-0.25, -0.2) is 0 Å². The van der Waals surface area contributed by atoms with Gasteiger partial charge in [0.1, 0.15) is 0 Å². The summed E-state index contributed by atoms with van der Waals surface area (Å²) in [5, 5.41) is 3.94. The maximum atomic E-state index is 12.0. The van der Waals surface area contributed by atoms with Gasteiger partial charge in [0.15, 0.2) is 5.78 Å². The number of ketones is 1. The number of Topliss-reactive ketones (excluding diaryl/α,β-unsaturated/α-hetero) is 1. The number of benzene rings is 2. The van der Waals surface area contributed by atoms with E-state index in [-0.39, 0.29) is 5.78 Å². The molecule has 2 aromatic rings. The van der Waals surface area contributed by atoms with Gasteiger partial charge in [0, 0.05) is 29.2 Å². The Hall–Kier alpha value is -1.80. The van der Waals surface area contributed by atoms with Crippen LogP contribution in [0.5, 0.6) is 0 Å². The predicted octanol–water partition coefficient (Wildman–Crippen LogP) is 5.54.